The van der Waals surface area contributed by atoms with Crippen LogP contribution in [-0.2, 0) is 6.54 Å². The second kappa shape index (κ2) is 6.95. The van der Waals surface area contributed by atoms with Gasteiger partial charge < -0.3 is 5.11 Å². The van der Waals surface area contributed by atoms with Crippen molar-refractivity contribution < 1.29 is 9.50 Å². The molecule has 1 heterocycles. The first-order valence-corrected chi connectivity index (χ1v) is 7.68. The average Bonchev–Trinajstić information content (AvgIpc) is 2.58. The summed E-state index contributed by atoms with van der Waals surface area (Å²) in [6.07, 6.45) is -0.893. The molecule has 122 valence electrons. The maximum atomic E-state index is 13.0. The van der Waals surface area contributed by atoms with Crippen molar-refractivity contribution in [3.63, 3.8) is 0 Å². The first kappa shape index (κ1) is 16.4. The van der Waals surface area contributed by atoms with E-state index in [2.05, 4.69) is 5.10 Å². The summed E-state index contributed by atoms with van der Waals surface area (Å²) in [4.78, 5) is 12.0. The van der Waals surface area contributed by atoms with Gasteiger partial charge in [-0.25, -0.2) is 9.07 Å². The van der Waals surface area contributed by atoms with E-state index in [0.717, 1.165) is 0 Å². The third-order valence-electron chi connectivity index (χ3n) is 3.61. The van der Waals surface area contributed by atoms with Gasteiger partial charge in [-0.15, -0.1) is 0 Å². The smallest absolute Gasteiger partial charge is 0.266 e. The van der Waals surface area contributed by atoms with Crippen LogP contribution in [0.5, 0.6) is 0 Å². The molecule has 1 atom stereocenters. The van der Waals surface area contributed by atoms with Crippen LogP contribution < -0.4 is 5.56 Å². The summed E-state index contributed by atoms with van der Waals surface area (Å²) in [6.45, 7) is 0.00942. The van der Waals surface area contributed by atoms with Crippen molar-refractivity contribution >= 4 is 11.6 Å². The summed E-state index contributed by atoms with van der Waals surface area (Å²) in [7, 11) is 0. The Morgan fingerprint density at radius 2 is 1.71 bits per heavy atom. The van der Waals surface area contributed by atoms with Crippen molar-refractivity contribution in [2.75, 3.05) is 0 Å². The van der Waals surface area contributed by atoms with E-state index in [-0.39, 0.29) is 17.9 Å². The van der Waals surface area contributed by atoms with Crippen LogP contribution in [-0.4, -0.2) is 14.9 Å². The minimum Gasteiger partial charge on any atom is -0.386 e. The molecule has 3 aromatic rings. The fourth-order valence-electron chi connectivity index (χ4n) is 2.31. The van der Waals surface area contributed by atoms with Gasteiger partial charge in [-0.05, 0) is 48.0 Å². The molecule has 0 bridgehead atoms. The van der Waals surface area contributed by atoms with Gasteiger partial charge in [0.25, 0.3) is 5.56 Å². The lowest BCUT2D eigenvalue weighted by Gasteiger charge is -2.13. The zero-order valence-corrected chi connectivity index (χ0v) is 13.3. The predicted molar refractivity (Wildman–Crippen MR) is 90.3 cm³/mol. The van der Waals surface area contributed by atoms with Crippen molar-refractivity contribution in [3.8, 4) is 11.3 Å². The fourth-order valence-corrected chi connectivity index (χ4v) is 2.43. The molecule has 1 aromatic heterocycles. The summed E-state index contributed by atoms with van der Waals surface area (Å²) in [5, 5.41) is 15.1. The number of aliphatic hydroxyl groups excluding tert-OH is 1. The highest BCUT2D eigenvalue weighted by Crippen LogP contribution is 2.19. The quantitative estimate of drug-likeness (QED) is 0.788. The number of benzene rings is 2. The van der Waals surface area contributed by atoms with Gasteiger partial charge in [0.2, 0.25) is 0 Å². The molecule has 0 fully saturated rings. The van der Waals surface area contributed by atoms with E-state index in [4.69, 9.17) is 11.6 Å². The van der Waals surface area contributed by atoms with Crippen LogP contribution in [0.2, 0.25) is 5.02 Å². The second-order valence-corrected chi connectivity index (χ2v) is 5.75. The number of rotatable bonds is 4. The monoisotopic (exact) mass is 344 g/mol. The van der Waals surface area contributed by atoms with Gasteiger partial charge in [-0.2, -0.15) is 5.10 Å². The van der Waals surface area contributed by atoms with E-state index in [9.17, 15) is 14.3 Å². The molecule has 0 saturated heterocycles. The van der Waals surface area contributed by atoms with Crippen molar-refractivity contribution in [2.24, 2.45) is 0 Å². The van der Waals surface area contributed by atoms with E-state index in [1.54, 1.807) is 42.5 Å². The first-order chi connectivity index (χ1) is 11.5. The van der Waals surface area contributed by atoms with Gasteiger partial charge in [0.15, 0.2) is 0 Å². The normalized spacial score (nSPS) is 12.1. The van der Waals surface area contributed by atoms with E-state index < -0.39 is 6.10 Å². The van der Waals surface area contributed by atoms with Gasteiger partial charge >= 0.3 is 0 Å². The van der Waals surface area contributed by atoms with Crippen LogP contribution in [0.3, 0.4) is 0 Å². The molecule has 1 unspecified atom stereocenters. The zero-order chi connectivity index (χ0) is 17.1. The molecule has 3 rings (SSSR count). The van der Waals surface area contributed by atoms with Gasteiger partial charge in [0.1, 0.15) is 5.82 Å². The van der Waals surface area contributed by atoms with Gasteiger partial charge in [0, 0.05) is 16.7 Å². The number of nitrogens with zero attached hydrogens (tertiary/aromatic N) is 2. The summed E-state index contributed by atoms with van der Waals surface area (Å²) >= 11 is 5.83. The van der Waals surface area contributed by atoms with Gasteiger partial charge in [-0.3, -0.25) is 4.79 Å². The molecule has 6 heteroatoms. The maximum absolute atomic E-state index is 13.0. The Labute approximate surface area is 142 Å². The molecule has 24 heavy (non-hydrogen) atoms. The third kappa shape index (κ3) is 3.69. The minimum absolute atomic E-state index is 0.00942. The van der Waals surface area contributed by atoms with Crippen molar-refractivity contribution in [3.05, 3.63) is 87.4 Å². The molecule has 0 saturated carbocycles. The molecule has 0 radical (unpaired) electrons. The zero-order valence-electron chi connectivity index (χ0n) is 12.6. The first-order valence-electron chi connectivity index (χ1n) is 7.30. The lowest BCUT2D eigenvalue weighted by atomic mass is 10.1. The highest BCUT2D eigenvalue weighted by atomic mass is 35.5. The molecule has 0 amide bonds. The molecule has 0 aliphatic carbocycles. The lowest BCUT2D eigenvalue weighted by Crippen LogP contribution is -2.25. The van der Waals surface area contributed by atoms with E-state index in [1.807, 2.05) is 0 Å². The average molecular weight is 345 g/mol. The van der Waals surface area contributed by atoms with Crippen LogP contribution in [0.15, 0.2) is 65.5 Å². The molecule has 2 aromatic carbocycles. The Hall–Kier alpha value is -2.50. The van der Waals surface area contributed by atoms with E-state index in [0.29, 0.717) is 21.8 Å². The van der Waals surface area contributed by atoms with Crippen LogP contribution in [0, 0.1) is 5.82 Å². The Kier molecular flexibility index (Phi) is 4.74. The molecular weight excluding hydrogens is 331 g/mol. The Morgan fingerprint density at radius 3 is 2.38 bits per heavy atom. The maximum Gasteiger partial charge on any atom is 0.266 e. The highest BCUT2D eigenvalue weighted by molar-refractivity contribution is 6.30. The van der Waals surface area contributed by atoms with Crippen molar-refractivity contribution in [1.29, 1.82) is 0 Å². The summed E-state index contributed by atoms with van der Waals surface area (Å²) in [6, 6.07) is 15.5. The van der Waals surface area contributed by atoms with Crippen LogP contribution in [0.1, 0.15) is 11.7 Å². The number of aliphatic hydroxyl groups is 1. The number of aromatic nitrogens is 2. The topological polar surface area (TPSA) is 55.1 Å². The number of halogens is 2. The SMILES string of the molecule is O=c1ccc(-c2ccc(F)cc2)nn1CC(O)c1ccc(Cl)cc1. The summed E-state index contributed by atoms with van der Waals surface area (Å²) < 4.78 is 14.2. The second-order valence-electron chi connectivity index (χ2n) is 5.31. The number of hydrogen-bond donors (Lipinski definition) is 1. The fraction of sp³-hybridized carbons (Fsp3) is 0.111. The molecule has 4 nitrogen and oxygen atoms in total. The summed E-state index contributed by atoms with van der Waals surface area (Å²) in [5.41, 5.74) is 1.53. The lowest BCUT2D eigenvalue weighted by molar-refractivity contribution is 0.149. The van der Waals surface area contributed by atoms with Crippen LogP contribution in [0.4, 0.5) is 4.39 Å². The predicted octanol–water partition coefficient (Wildman–Crippen LogP) is 3.44. The Bertz CT molecular complexity index is 892. The highest BCUT2D eigenvalue weighted by Gasteiger charge is 2.11. The summed E-state index contributed by atoms with van der Waals surface area (Å²) in [5.74, 6) is -0.342. The Morgan fingerprint density at radius 1 is 1.04 bits per heavy atom. The Balaban J connectivity index is 1.87. The van der Waals surface area contributed by atoms with Crippen LogP contribution in [0.25, 0.3) is 11.3 Å². The number of hydrogen-bond acceptors (Lipinski definition) is 3. The minimum atomic E-state index is -0.893. The molecule has 0 aliphatic rings. The molecular formula is C18H14ClFN2O2. The van der Waals surface area contributed by atoms with Gasteiger partial charge in [0.05, 0.1) is 18.3 Å². The van der Waals surface area contributed by atoms with E-state index in [1.165, 1.54) is 22.9 Å². The largest absolute Gasteiger partial charge is 0.386 e. The van der Waals surface area contributed by atoms with Crippen LogP contribution >= 0.6 is 11.6 Å². The van der Waals surface area contributed by atoms with Crippen molar-refractivity contribution in [1.82, 2.24) is 9.78 Å². The molecule has 0 aliphatic heterocycles. The molecule has 1 N–H and O–H groups in total. The standard InChI is InChI=1S/C18H14ClFN2O2/c19-14-5-1-13(2-6-14)17(23)11-22-18(24)10-9-16(21-22)12-3-7-15(20)8-4-12/h1-10,17,23H,11H2. The molecule has 0 spiro atoms. The van der Waals surface area contributed by atoms with Crippen molar-refractivity contribution in [2.45, 2.75) is 12.6 Å². The van der Waals surface area contributed by atoms with E-state index >= 15 is 0 Å². The van der Waals surface area contributed by atoms with Gasteiger partial charge in [-0.1, -0.05) is 23.7 Å². The third-order valence-corrected chi connectivity index (χ3v) is 3.86.